The van der Waals surface area contributed by atoms with E-state index in [9.17, 15) is 9.18 Å². The predicted octanol–water partition coefficient (Wildman–Crippen LogP) is 1.68. The van der Waals surface area contributed by atoms with E-state index in [1.54, 1.807) is 0 Å². The number of halogens is 1. The zero-order valence-corrected chi connectivity index (χ0v) is 9.24. The van der Waals surface area contributed by atoms with E-state index in [2.05, 4.69) is 10.3 Å². The summed E-state index contributed by atoms with van der Waals surface area (Å²) < 4.78 is 12.7. The minimum Gasteiger partial charge on any atom is -0.320 e. The summed E-state index contributed by atoms with van der Waals surface area (Å²) in [6, 6.07) is 3.65. The van der Waals surface area contributed by atoms with Gasteiger partial charge in [-0.1, -0.05) is 25.8 Å². The van der Waals surface area contributed by atoms with Crippen molar-refractivity contribution in [2.24, 2.45) is 5.73 Å². The molecule has 0 aliphatic rings. The molecule has 3 N–H and O–H groups in total. The molecule has 88 valence electrons. The maximum atomic E-state index is 12.7. The highest BCUT2D eigenvalue weighted by atomic mass is 19.1. The zero-order chi connectivity index (χ0) is 12.0. The quantitative estimate of drug-likeness (QED) is 0.749. The van der Waals surface area contributed by atoms with Crippen molar-refractivity contribution in [3.8, 4) is 0 Å². The first kappa shape index (κ1) is 12.6. The molecule has 4 nitrogen and oxygen atoms in total. The number of aromatic nitrogens is 1. The number of rotatable bonds is 5. The predicted molar refractivity (Wildman–Crippen MR) is 60.3 cm³/mol. The molecule has 0 aliphatic carbocycles. The molecular weight excluding hydrogens is 209 g/mol. The van der Waals surface area contributed by atoms with Crippen molar-refractivity contribution in [3.63, 3.8) is 0 Å². The van der Waals surface area contributed by atoms with Crippen LogP contribution in [0.25, 0.3) is 0 Å². The van der Waals surface area contributed by atoms with Gasteiger partial charge in [0.2, 0.25) is 11.9 Å². The molecule has 0 unspecified atom stereocenters. The van der Waals surface area contributed by atoms with Crippen LogP contribution in [0.4, 0.5) is 10.2 Å². The molecule has 0 aliphatic heterocycles. The Morgan fingerprint density at radius 3 is 3.00 bits per heavy atom. The van der Waals surface area contributed by atoms with E-state index in [1.165, 1.54) is 18.2 Å². The number of nitrogens with one attached hydrogen (secondary N) is 1. The molecule has 1 heterocycles. The van der Waals surface area contributed by atoms with Gasteiger partial charge < -0.3 is 11.1 Å². The third-order valence-electron chi connectivity index (χ3n) is 2.17. The fraction of sp³-hybridized carbons (Fsp3) is 0.455. The van der Waals surface area contributed by atoms with E-state index < -0.39 is 12.0 Å². The lowest BCUT2D eigenvalue weighted by Crippen LogP contribution is -2.35. The Kier molecular flexibility index (Phi) is 4.85. The smallest absolute Gasteiger partial charge is 0.242 e. The molecule has 0 saturated carbocycles. The van der Waals surface area contributed by atoms with Gasteiger partial charge in [0.05, 0.1) is 6.04 Å². The summed E-state index contributed by atoms with van der Waals surface area (Å²) in [5.41, 5.74) is 5.66. The van der Waals surface area contributed by atoms with Crippen molar-refractivity contribution in [1.29, 1.82) is 0 Å². The molecular formula is C11H16FN3O. The van der Waals surface area contributed by atoms with Crippen LogP contribution in [0.5, 0.6) is 0 Å². The Labute approximate surface area is 94.1 Å². The zero-order valence-electron chi connectivity index (χ0n) is 9.24. The fourth-order valence-electron chi connectivity index (χ4n) is 1.25. The molecule has 1 aromatic rings. The Morgan fingerprint density at radius 1 is 1.62 bits per heavy atom. The molecule has 1 atom stereocenters. The second-order valence-corrected chi connectivity index (χ2v) is 3.58. The van der Waals surface area contributed by atoms with Crippen LogP contribution >= 0.6 is 0 Å². The molecule has 5 heteroatoms. The maximum absolute atomic E-state index is 12.7. The van der Waals surface area contributed by atoms with Gasteiger partial charge in [-0.2, -0.15) is 4.39 Å². The van der Waals surface area contributed by atoms with Crippen LogP contribution in [0.15, 0.2) is 18.2 Å². The first-order valence-electron chi connectivity index (χ1n) is 5.32. The summed E-state index contributed by atoms with van der Waals surface area (Å²) in [5.74, 6) is -0.761. The number of nitrogens with zero attached hydrogens (tertiary/aromatic N) is 1. The van der Waals surface area contributed by atoms with Crippen LogP contribution in [0, 0.1) is 5.95 Å². The van der Waals surface area contributed by atoms with Crippen molar-refractivity contribution in [2.75, 3.05) is 5.32 Å². The number of pyridine rings is 1. The van der Waals surface area contributed by atoms with Crippen LogP contribution in [0.2, 0.25) is 0 Å². The normalized spacial score (nSPS) is 12.2. The second kappa shape index (κ2) is 6.17. The number of hydrogen-bond acceptors (Lipinski definition) is 3. The number of unbranched alkanes of at least 4 members (excludes halogenated alkanes) is 1. The number of carbonyl (C=O) groups excluding carboxylic acids is 1. The molecule has 1 amide bonds. The van der Waals surface area contributed by atoms with Crippen molar-refractivity contribution in [3.05, 3.63) is 24.1 Å². The van der Waals surface area contributed by atoms with E-state index in [0.29, 0.717) is 6.42 Å². The minimum absolute atomic E-state index is 0.192. The molecule has 0 spiro atoms. The van der Waals surface area contributed by atoms with Crippen LogP contribution < -0.4 is 11.1 Å². The summed E-state index contributed by atoms with van der Waals surface area (Å²) in [7, 11) is 0. The summed E-state index contributed by atoms with van der Waals surface area (Å²) in [6.45, 7) is 2.03. The first-order chi connectivity index (χ1) is 7.63. The lowest BCUT2D eigenvalue weighted by molar-refractivity contribution is -0.117. The minimum atomic E-state index is -0.625. The third kappa shape index (κ3) is 3.94. The number of hydrogen-bond donors (Lipinski definition) is 2. The number of carbonyl (C=O) groups is 1. The number of anilines is 1. The van der Waals surface area contributed by atoms with Gasteiger partial charge in [0.15, 0.2) is 0 Å². The Morgan fingerprint density at radius 2 is 2.38 bits per heavy atom. The second-order valence-electron chi connectivity index (χ2n) is 3.58. The van der Waals surface area contributed by atoms with Crippen LogP contribution in [0.3, 0.4) is 0 Å². The van der Waals surface area contributed by atoms with Gasteiger partial charge in [-0.25, -0.2) is 4.98 Å². The fourth-order valence-corrected chi connectivity index (χ4v) is 1.25. The molecule has 16 heavy (non-hydrogen) atoms. The monoisotopic (exact) mass is 225 g/mol. The Hall–Kier alpha value is -1.49. The van der Waals surface area contributed by atoms with Gasteiger partial charge in [0.25, 0.3) is 0 Å². The third-order valence-corrected chi connectivity index (χ3v) is 2.17. The van der Waals surface area contributed by atoms with Crippen molar-refractivity contribution in [1.82, 2.24) is 4.98 Å². The molecule has 0 saturated heterocycles. The average molecular weight is 225 g/mol. The van der Waals surface area contributed by atoms with Crippen molar-refractivity contribution in [2.45, 2.75) is 32.2 Å². The van der Waals surface area contributed by atoms with E-state index in [-0.39, 0.29) is 11.7 Å². The topological polar surface area (TPSA) is 68.0 Å². The Bertz CT molecular complexity index is 357. The lowest BCUT2D eigenvalue weighted by atomic mass is 10.1. The average Bonchev–Trinajstić information content (AvgIpc) is 2.25. The van der Waals surface area contributed by atoms with Crippen LogP contribution in [-0.4, -0.2) is 16.9 Å². The van der Waals surface area contributed by atoms with Crippen LogP contribution in [-0.2, 0) is 4.79 Å². The molecule has 0 fully saturated rings. The van der Waals surface area contributed by atoms with Crippen molar-refractivity contribution >= 4 is 11.7 Å². The van der Waals surface area contributed by atoms with Gasteiger partial charge in [-0.15, -0.1) is 0 Å². The molecule has 0 radical (unpaired) electrons. The Balaban J connectivity index is 2.50. The lowest BCUT2D eigenvalue weighted by Gasteiger charge is -2.10. The highest BCUT2D eigenvalue weighted by Gasteiger charge is 2.13. The molecule has 0 bridgehead atoms. The molecule has 1 rings (SSSR count). The standard InChI is InChI=1S/C11H16FN3O/c1-2-3-5-8(13)11(16)15-10-7-4-6-9(12)14-10/h4,6-8H,2-3,5,13H2,1H3,(H,14,15,16)/t8-/m0/s1. The highest BCUT2D eigenvalue weighted by Crippen LogP contribution is 2.05. The summed E-state index contributed by atoms with van der Waals surface area (Å²) in [5, 5.41) is 2.48. The van der Waals surface area contributed by atoms with Gasteiger partial charge in [-0.05, 0) is 18.6 Å². The summed E-state index contributed by atoms with van der Waals surface area (Å²) >= 11 is 0. The largest absolute Gasteiger partial charge is 0.320 e. The van der Waals surface area contributed by atoms with Crippen LogP contribution in [0.1, 0.15) is 26.2 Å². The maximum Gasteiger partial charge on any atom is 0.242 e. The van der Waals surface area contributed by atoms with Crippen molar-refractivity contribution < 1.29 is 9.18 Å². The number of amides is 1. The summed E-state index contributed by atoms with van der Waals surface area (Å²) in [6.07, 6.45) is 2.50. The van der Waals surface area contributed by atoms with E-state index in [1.807, 2.05) is 6.92 Å². The van der Waals surface area contributed by atoms with E-state index >= 15 is 0 Å². The number of nitrogens with two attached hydrogens (primary N) is 1. The highest BCUT2D eigenvalue weighted by molar-refractivity contribution is 5.93. The summed E-state index contributed by atoms with van der Waals surface area (Å²) in [4.78, 5) is 15.1. The van der Waals surface area contributed by atoms with E-state index in [0.717, 1.165) is 12.8 Å². The SMILES string of the molecule is CCCC[C@H](N)C(=O)Nc1cccc(F)n1. The first-order valence-corrected chi connectivity index (χ1v) is 5.32. The van der Waals surface area contributed by atoms with Gasteiger partial charge in [-0.3, -0.25) is 4.79 Å². The van der Waals surface area contributed by atoms with E-state index in [4.69, 9.17) is 5.73 Å². The van der Waals surface area contributed by atoms with Gasteiger partial charge in [0.1, 0.15) is 5.82 Å². The van der Waals surface area contributed by atoms with Gasteiger partial charge >= 0.3 is 0 Å². The van der Waals surface area contributed by atoms with Gasteiger partial charge in [0, 0.05) is 0 Å². The molecule has 0 aromatic carbocycles. The molecule has 1 aromatic heterocycles.